The zero-order valence-electron chi connectivity index (χ0n) is 13.2. The van der Waals surface area contributed by atoms with Gasteiger partial charge in [-0.05, 0) is 44.5 Å². The van der Waals surface area contributed by atoms with Gasteiger partial charge in [0, 0.05) is 6.61 Å². The van der Waals surface area contributed by atoms with Crippen molar-refractivity contribution in [3.05, 3.63) is 24.3 Å². The number of rotatable bonds is 6. The van der Waals surface area contributed by atoms with E-state index < -0.39 is 8.48 Å². The summed E-state index contributed by atoms with van der Waals surface area (Å²) in [6.45, 7) is 7.04. The summed E-state index contributed by atoms with van der Waals surface area (Å²) in [6.07, 6.45) is 0.863. The summed E-state index contributed by atoms with van der Waals surface area (Å²) in [5, 5.41) is 8.45. The van der Waals surface area contributed by atoms with Crippen LogP contribution in [0.3, 0.4) is 0 Å². The molecule has 0 bridgehead atoms. The number of aromatic nitrogens is 3. The maximum Gasteiger partial charge on any atom is 0.319 e. The second-order valence-electron chi connectivity index (χ2n) is 6.10. The van der Waals surface area contributed by atoms with Crippen LogP contribution in [0.2, 0.25) is 13.1 Å². The molecule has 118 valence electrons. The van der Waals surface area contributed by atoms with Gasteiger partial charge >= 0.3 is 14.4 Å². The third-order valence-corrected chi connectivity index (χ3v) is 6.25. The molecule has 1 heterocycles. The molecule has 6 nitrogen and oxygen atoms in total. The maximum absolute atomic E-state index is 11.6. The molecule has 0 amide bonds. The van der Waals surface area contributed by atoms with Gasteiger partial charge in [0.25, 0.3) is 0 Å². The summed E-state index contributed by atoms with van der Waals surface area (Å²) in [5.74, 6) is 0.194. The number of nitrogens with zero attached hydrogens (tertiary/aromatic N) is 3. The number of hydrogen-bond donors (Lipinski definition) is 0. The minimum absolute atomic E-state index is 0.0113. The Labute approximate surface area is 130 Å². The highest BCUT2D eigenvalue weighted by molar-refractivity contribution is 6.70. The second-order valence-corrected chi connectivity index (χ2v) is 9.71. The van der Waals surface area contributed by atoms with E-state index in [1.54, 1.807) is 0 Å². The Morgan fingerprint density at radius 3 is 2.95 bits per heavy atom. The van der Waals surface area contributed by atoms with Crippen molar-refractivity contribution in [3.8, 4) is 0 Å². The number of para-hydroxylation sites is 1. The normalized spacial score (nSPS) is 21.0. The Morgan fingerprint density at radius 2 is 2.18 bits per heavy atom. The molecule has 3 rings (SSSR count). The van der Waals surface area contributed by atoms with Crippen LogP contribution in [0.1, 0.15) is 13.3 Å². The molecule has 0 radical (unpaired) electrons. The first-order valence-corrected chi connectivity index (χ1v) is 10.5. The molecule has 1 aliphatic carbocycles. The molecule has 1 aliphatic rings. The van der Waals surface area contributed by atoms with Crippen molar-refractivity contribution in [2.75, 3.05) is 13.2 Å². The molecular formula is C15H21N3O3Si. The van der Waals surface area contributed by atoms with Crippen LogP contribution in [0.25, 0.3) is 11.0 Å². The summed E-state index contributed by atoms with van der Waals surface area (Å²) in [4.78, 5) is 11.6. The Hall–Kier alpha value is -1.73. The van der Waals surface area contributed by atoms with E-state index in [0.717, 1.165) is 17.5 Å². The molecule has 1 fully saturated rings. The van der Waals surface area contributed by atoms with Crippen LogP contribution in [0.5, 0.6) is 0 Å². The van der Waals surface area contributed by atoms with Crippen molar-refractivity contribution in [1.29, 1.82) is 0 Å². The van der Waals surface area contributed by atoms with E-state index in [1.165, 1.54) is 0 Å². The molecule has 1 aromatic carbocycles. The second kappa shape index (κ2) is 5.81. The summed E-state index contributed by atoms with van der Waals surface area (Å²) < 4.78 is 13.1. The summed E-state index contributed by atoms with van der Waals surface area (Å²) in [7, 11) is -2.21. The Morgan fingerprint density at radius 1 is 1.41 bits per heavy atom. The van der Waals surface area contributed by atoms with E-state index in [-0.39, 0.29) is 17.8 Å². The van der Waals surface area contributed by atoms with Crippen molar-refractivity contribution >= 4 is 25.5 Å². The van der Waals surface area contributed by atoms with E-state index in [9.17, 15) is 4.79 Å². The molecule has 0 saturated heterocycles. The minimum atomic E-state index is -2.21. The predicted octanol–water partition coefficient (Wildman–Crippen LogP) is 2.20. The van der Waals surface area contributed by atoms with Crippen molar-refractivity contribution < 1.29 is 14.0 Å². The quantitative estimate of drug-likeness (QED) is 0.603. The molecule has 0 N–H and O–H groups in total. The van der Waals surface area contributed by atoms with Crippen LogP contribution in [-0.2, 0) is 14.0 Å². The average Bonchev–Trinajstić information content (AvgIpc) is 3.15. The van der Waals surface area contributed by atoms with Gasteiger partial charge in [-0.3, -0.25) is 4.79 Å². The zero-order valence-corrected chi connectivity index (χ0v) is 14.2. The number of hydrogen-bond acceptors (Lipinski definition) is 5. The van der Waals surface area contributed by atoms with E-state index in [1.807, 2.05) is 35.5 Å². The minimum Gasteiger partial charge on any atom is -0.466 e. The SMILES string of the molecule is CCOC(=O)[C@@H]1C[C@H]1CO[Si](C)(C)n1nnc2ccccc21. The van der Waals surface area contributed by atoms with Crippen molar-refractivity contribution in [2.24, 2.45) is 11.8 Å². The number of carbonyl (C=O) groups excluding carboxylic acids is 1. The first-order chi connectivity index (χ1) is 10.5. The molecule has 22 heavy (non-hydrogen) atoms. The number of fused-ring (bicyclic) bond motifs is 1. The van der Waals surface area contributed by atoms with Crippen LogP contribution in [0.15, 0.2) is 24.3 Å². The fraction of sp³-hybridized carbons (Fsp3) is 0.533. The highest BCUT2D eigenvalue weighted by atomic mass is 28.4. The van der Waals surface area contributed by atoms with Gasteiger partial charge in [0.15, 0.2) is 0 Å². The van der Waals surface area contributed by atoms with E-state index >= 15 is 0 Å². The standard InChI is InChI=1S/C15H21N3O3Si/c1-4-20-15(19)12-9-11(12)10-21-22(2,3)18-14-8-6-5-7-13(14)16-17-18/h5-8,11-12H,4,9-10H2,1-3H3/t11-,12+/m0/s1. The molecule has 0 unspecified atom stereocenters. The van der Waals surface area contributed by atoms with Crippen molar-refractivity contribution in [3.63, 3.8) is 0 Å². The van der Waals surface area contributed by atoms with Gasteiger partial charge in [0.1, 0.15) is 5.52 Å². The summed E-state index contributed by atoms with van der Waals surface area (Å²) in [6, 6.07) is 7.88. The lowest BCUT2D eigenvalue weighted by atomic mass is 10.3. The molecule has 1 aromatic heterocycles. The number of ether oxygens (including phenoxy) is 1. The lowest BCUT2D eigenvalue weighted by Gasteiger charge is -2.23. The highest BCUT2D eigenvalue weighted by Crippen LogP contribution is 2.40. The molecule has 1 saturated carbocycles. The maximum atomic E-state index is 11.6. The topological polar surface area (TPSA) is 66.2 Å². The zero-order chi connectivity index (χ0) is 15.7. The lowest BCUT2D eigenvalue weighted by Crippen LogP contribution is -2.41. The largest absolute Gasteiger partial charge is 0.466 e. The van der Waals surface area contributed by atoms with Gasteiger partial charge < -0.3 is 9.16 Å². The van der Waals surface area contributed by atoms with Crippen LogP contribution in [0.4, 0.5) is 0 Å². The number of esters is 1. The molecule has 2 atom stereocenters. The monoisotopic (exact) mass is 319 g/mol. The van der Waals surface area contributed by atoms with Crippen molar-refractivity contribution in [1.82, 2.24) is 14.7 Å². The summed E-state index contributed by atoms with van der Waals surface area (Å²) in [5.41, 5.74) is 1.87. The molecular weight excluding hydrogens is 298 g/mol. The fourth-order valence-electron chi connectivity index (χ4n) is 2.61. The molecule has 0 aliphatic heterocycles. The first kappa shape index (κ1) is 15.2. The van der Waals surface area contributed by atoms with Crippen LogP contribution in [-0.4, -0.2) is 42.3 Å². The number of benzene rings is 1. The Bertz CT molecular complexity index is 685. The first-order valence-electron chi connectivity index (χ1n) is 7.64. The van der Waals surface area contributed by atoms with Crippen LogP contribution < -0.4 is 0 Å². The van der Waals surface area contributed by atoms with Crippen LogP contribution >= 0.6 is 0 Å². The van der Waals surface area contributed by atoms with Crippen molar-refractivity contribution in [2.45, 2.75) is 26.4 Å². The highest BCUT2D eigenvalue weighted by Gasteiger charge is 2.45. The Balaban J connectivity index is 1.64. The van der Waals surface area contributed by atoms with Crippen LogP contribution in [0, 0.1) is 11.8 Å². The van der Waals surface area contributed by atoms with Gasteiger partial charge in [-0.1, -0.05) is 17.3 Å². The van der Waals surface area contributed by atoms with Gasteiger partial charge in [0.2, 0.25) is 0 Å². The van der Waals surface area contributed by atoms with Gasteiger partial charge in [-0.25, -0.2) is 4.35 Å². The molecule has 0 spiro atoms. The van der Waals surface area contributed by atoms with E-state index in [4.69, 9.17) is 9.16 Å². The molecule has 2 aromatic rings. The summed E-state index contributed by atoms with van der Waals surface area (Å²) >= 11 is 0. The molecule has 7 heteroatoms. The van der Waals surface area contributed by atoms with Gasteiger partial charge in [0.05, 0.1) is 18.0 Å². The van der Waals surface area contributed by atoms with E-state index in [2.05, 4.69) is 23.4 Å². The third-order valence-electron chi connectivity index (χ3n) is 4.02. The number of carbonyl (C=O) groups is 1. The Kier molecular flexibility index (Phi) is 4.01. The smallest absolute Gasteiger partial charge is 0.319 e. The fourth-order valence-corrected chi connectivity index (χ4v) is 4.38. The van der Waals surface area contributed by atoms with Gasteiger partial charge in [-0.2, -0.15) is 0 Å². The average molecular weight is 319 g/mol. The third kappa shape index (κ3) is 2.91. The lowest BCUT2D eigenvalue weighted by molar-refractivity contribution is -0.145. The van der Waals surface area contributed by atoms with Gasteiger partial charge in [-0.15, -0.1) is 5.10 Å². The van der Waals surface area contributed by atoms with E-state index in [0.29, 0.717) is 13.2 Å². The predicted molar refractivity (Wildman–Crippen MR) is 84.6 cm³/mol.